The molecule has 0 unspecified atom stereocenters. The zero-order chi connectivity index (χ0) is 8.15. The van der Waals surface area contributed by atoms with Crippen molar-refractivity contribution in [1.29, 1.82) is 0 Å². The van der Waals surface area contributed by atoms with Gasteiger partial charge >= 0.3 is 0 Å². The van der Waals surface area contributed by atoms with Crippen LogP contribution in [0, 0.1) is 0 Å². The van der Waals surface area contributed by atoms with Crippen LogP contribution in [-0.4, -0.2) is 81.0 Å². The Balaban J connectivity index is 0. The molecule has 0 aromatic heterocycles. The zero-order valence-corrected chi connectivity index (χ0v) is 8.74. The minimum absolute atomic E-state index is 0. The van der Waals surface area contributed by atoms with E-state index in [0.717, 1.165) is 0 Å². The van der Waals surface area contributed by atoms with Crippen LogP contribution in [0.4, 0.5) is 0 Å². The van der Waals surface area contributed by atoms with Gasteiger partial charge in [0.25, 0.3) is 0 Å². The van der Waals surface area contributed by atoms with Crippen molar-refractivity contribution in [3.63, 3.8) is 0 Å². The van der Waals surface area contributed by atoms with E-state index in [1.54, 1.807) is 0 Å². The van der Waals surface area contributed by atoms with Gasteiger partial charge in [-0.25, -0.2) is 0 Å². The molecule has 0 aromatic rings. The summed E-state index contributed by atoms with van der Waals surface area (Å²) in [7, 11) is 0. The zero-order valence-electron chi connectivity index (χ0n) is 5.88. The van der Waals surface area contributed by atoms with E-state index in [1.807, 2.05) is 0 Å². The average Bonchev–Trinajstić information content (AvgIpc) is 2.00. The van der Waals surface area contributed by atoms with Crippen LogP contribution >= 0.6 is 0 Å². The summed E-state index contributed by atoms with van der Waals surface area (Å²) < 4.78 is 0. The molecule has 4 radical (unpaired) electrons. The van der Waals surface area contributed by atoms with E-state index >= 15 is 0 Å². The van der Waals surface area contributed by atoms with Crippen molar-refractivity contribution < 1.29 is 25.5 Å². The van der Waals surface area contributed by atoms with Crippen molar-refractivity contribution in [3.05, 3.63) is 0 Å². The van der Waals surface area contributed by atoms with E-state index in [0.29, 0.717) is 0 Å². The maximum atomic E-state index is 8.77. The molecule has 0 heterocycles. The van der Waals surface area contributed by atoms with Gasteiger partial charge < -0.3 is 25.5 Å². The first-order valence-corrected chi connectivity index (χ1v) is 2.89. The molecule has 0 saturated carbocycles. The predicted molar refractivity (Wildman–Crippen MR) is 37.9 cm³/mol. The minimum Gasteiger partial charge on any atom is -0.394 e. The van der Waals surface area contributed by atoms with Gasteiger partial charge in [0.05, 0.1) is 13.2 Å². The van der Waals surface area contributed by atoms with Gasteiger partial charge in [-0.1, -0.05) is 0 Å². The van der Waals surface area contributed by atoms with Gasteiger partial charge in [0.2, 0.25) is 0 Å². The Morgan fingerprint density at radius 3 is 1.27 bits per heavy atom. The van der Waals surface area contributed by atoms with Crippen molar-refractivity contribution in [3.8, 4) is 0 Å². The normalized spacial score (nSPS) is 18.3. The molecule has 5 N–H and O–H groups in total. The van der Waals surface area contributed by atoms with Crippen LogP contribution in [0.2, 0.25) is 0 Å². The van der Waals surface area contributed by atoms with Crippen LogP contribution in [0.25, 0.3) is 0 Å². The summed E-state index contributed by atoms with van der Waals surface area (Å²) in [6, 6.07) is 0. The third-order valence-corrected chi connectivity index (χ3v) is 1.16. The fourth-order valence-corrected chi connectivity index (χ4v) is 0.472. The van der Waals surface area contributed by atoms with Crippen molar-refractivity contribution >= 4 is 23.9 Å². The first kappa shape index (κ1) is 14.1. The SMILES string of the molecule is OC[C@@H](O)[C@H](O)[C@@H](O)CO.[Sn]. The van der Waals surface area contributed by atoms with E-state index in [-0.39, 0.29) is 23.9 Å². The van der Waals surface area contributed by atoms with Gasteiger partial charge in [0.15, 0.2) is 0 Å². The van der Waals surface area contributed by atoms with Crippen molar-refractivity contribution in [2.24, 2.45) is 0 Å². The third-order valence-electron chi connectivity index (χ3n) is 1.16. The Morgan fingerprint density at radius 2 is 1.09 bits per heavy atom. The van der Waals surface area contributed by atoms with Crippen molar-refractivity contribution in [2.75, 3.05) is 13.2 Å². The van der Waals surface area contributed by atoms with Gasteiger partial charge in [-0.2, -0.15) is 0 Å². The first-order chi connectivity index (χ1) is 4.63. The molecule has 0 aliphatic carbocycles. The van der Waals surface area contributed by atoms with E-state index in [4.69, 9.17) is 25.5 Å². The second-order valence-electron chi connectivity index (χ2n) is 1.99. The molecule has 0 saturated heterocycles. The second kappa shape index (κ2) is 7.26. The predicted octanol–water partition coefficient (Wildman–Crippen LogP) is -3.33. The molecule has 0 bridgehead atoms. The van der Waals surface area contributed by atoms with Crippen LogP contribution < -0.4 is 0 Å². The molecule has 0 aromatic carbocycles. The van der Waals surface area contributed by atoms with Crippen LogP contribution in [0.1, 0.15) is 0 Å². The fraction of sp³-hybridized carbons (Fsp3) is 1.00. The van der Waals surface area contributed by atoms with E-state index in [9.17, 15) is 0 Å². The Bertz CT molecular complexity index is 80.9. The summed E-state index contributed by atoms with van der Waals surface area (Å²) >= 11 is 0. The molecule has 3 atom stereocenters. The molecule has 0 aliphatic heterocycles. The summed E-state index contributed by atoms with van der Waals surface area (Å²) in [5.74, 6) is 0. The molecule has 0 amide bonds. The summed E-state index contributed by atoms with van der Waals surface area (Å²) in [5, 5.41) is 42.6. The molecule has 0 aliphatic rings. The number of aliphatic hydroxyl groups excluding tert-OH is 5. The van der Waals surface area contributed by atoms with Crippen LogP contribution in [-0.2, 0) is 0 Å². The van der Waals surface area contributed by atoms with Gasteiger partial charge in [0.1, 0.15) is 18.3 Å². The number of rotatable bonds is 4. The fourth-order valence-electron chi connectivity index (χ4n) is 0.472. The van der Waals surface area contributed by atoms with Crippen LogP contribution in [0.5, 0.6) is 0 Å². The Hall–Kier alpha value is 0.599. The maximum absolute atomic E-state index is 8.77. The quantitative estimate of drug-likeness (QED) is 0.344. The average molecular weight is 271 g/mol. The van der Waals surface area contributed by atoms with E-state index in [1.165, 1.54) is 0 Å². The van der Waals surface area contributed by atoms with Gasteiger partial charge in [-0.3, -0.25) is 0 Å². The van der Waals surface area contributed by atoms with Crippen molar-refractivity contribution in [1.82, 2.24) is 0 Å². The summed E-state index contributed by atoms with van der Waals surface area (Å²) in [4.78, 5) is 0. The summed E-state index contributed by atoms with van der Waals surface area (Å²) in [6.45, 7) is -1.28. The van der Waals surface area contributed by atoms with Crippen LogP contribution in [0.3, 0.4) is 0 Å². The van der Waals surface area contributed by atoms with Crippen molar-refractivity contribution in [2.45, 2.75) is 18.3 Å². The standard InChI is InChI=1S/C5H12O5.Sn/c6-1-3(8)5(10)4(9)2-7;/h3-10H,1-2H2;/t3-,4+,5+;. The van der Waals surface area contributed by atoms with Gasteiger partial charge in [0, 0.05) is 23.9 Å². The molecule has 11 heavy (non-hydrogen) atoms. The maximum Gasteiger partial charge on any atom is 0.110 e. The smallest absolute Gasteiger partial charge is 0.110 e. The van der Waals surface area contributed by atoms with Gasteiger partial charge in [-0.15, -0.1) is 0 Å². The molecule has 5 nitrogen and oxygen atoms in total. The molecular formula is C5H12O5Sn. The Labute approximate surface area is 81.2 Å². The molecule has 6 heteroatoms. The molecule has 66 valence electrons. The molecule has 0 spiro atoms. The summed E-state index contributed by atoms with van der Waals surface area (Å²) in [6.07, 6.45) is -4.29. The van der Waals surface area contributed by atoms with Crippen LogP contribution in [0.15, 0.2) is 0 Å². The number of aliphatic hydroxyl groups is 5. The molecule has 0 fully saturated rings. The third kappa shape index (κ3) is 4.94. The Kier molecular flexibility index (Phi) is 9.33. The minimum atomic E-state index is -1.49. The number of hydrogen-bond acceptors (Lipinski definition) is 5. The number of hydrogen-bond donors (Lipinski definition) is 5. The van der Waals surface area contributed by atoms with E-state index < -0.39 is 31.5 Å². The first-order valence-electron chi connectivity index (χ1n) is 2.89. The molecule has 0 rings (SSSR count). The van der Waals surface area contributed by atoms with E-state index in [2.05, 4.69) is 0 Å². The summed E-state index contributed by atoms with van der Waals surface area (Å²) in [5.41, 5.74) is 0. The topological polar surface area (TPSA) is 101 Å². The Morgan fingerprint density at radius 1 is 0.818 bits per heavy atom. The largest absolute Gasteiger partial charge is 0.394 e. The second-order valence-corrected chi connectivity index (χ2v) is 1.99. The monoisotopic (exact) mass is 272 g/mol. The molecular weight excluding hydrogens is 259 g/mol. The van der Waals surface area contributed by atoms with Gasteiger partial charge in [-0.05, 0) is 0 Å².